The predicted molar refractivity (Wildman–Crippen MR) is 47.7 cm³/mol. The largest absolute Gasteiger partial charge is 0.315 e. The fraction of sp³-hybridized carbons (Fsp3) is 0. The molecule has 0 aliphatic heterocycles. The molecule has 12 heavy (non-hydrogen) atoms. The Hall–Kier alpha value is -0.880. The zero-order valence-corrected chi connectivity index (χ0v) is 7.63. The number of benzene rings is 1. The molecular formula is C7H5ClNO2P. The summed E-state index contributed by atoms with van der Waals surface area (Å²) in [5.74, 6) is 0. The van der Waals surface area contributed by atoms with Gasteiger partial charge in [0.25, 0.3) is 0 Å². The summed E-state index contributed by atoms with van der Waals surface area (Å²) in [6, 6.07) is 8.20. The van der Waals surface area contributed by atoms with E-state index in [1.165, 1.54) is 6.08 Å². The van der Waals surface area contributed by atoms with E-state index >= 15 is 0 Å². The molecular weight excluding hydrogens is 197 g/mol. The molecule has 0 saturated carbocycles. The van der Waals surface area contributed by atoms with Gasteiger partial charge in [-0.3, -0.25) is 4.57 Å². The standard InChI is InChI=1S/C7H5ClNO2P/c8-12(11,9-6-10)7-4-2-1-3-5-7/h1-5H. The van der Waals surface area contributed by atoms with Crippen molar-refractivity contribution in [3.63, 3.8) is 0 Å². The van der Waals surface area contributed by atoms with Gasteiger partial charge in [-0.05, 0) is 23.4 Å². The Kier molecular flexibility index (Phi) is 2.83. The predicted octanol–water partition coefficient (Wildman–Crippen LogP) is 2.08. The Morgan fingerprint density at radius 2 is 1.92 bits per heavy atom. The van der Waals surface area contributed by atoms with Crippen molar-refractivity contribution in [3.05, 3.63) is 30.3 Å². The molecule has 1 unspecified atom stereocenters. The van der Waals surface area contributed by atoms with Crippen molar-refractivity contribution in [2.24, 2.45) is 4.76 Å². The third kappa shape index (κ3) is 2.05. The molecule has 1 atom stereocenters. The highest BCUT2D eigenvalue weighted by Gasteiger charge is 2.19. The van der Waals surface area contributed by atoms with Crippen LogP contribution in [0.1, 0.15) is 0 Å². The minimum Gasteiger partial charge on any atom is -0.275 e. The van der Waals surface area contributed by atoms with Crippen molar-refractivity contribution in [1.29, 1.82) is 0 Å². The average molecular weight is 202 g/mol. The fourth-order valence-electron chi connectivity index (χ4n) is 0.722. The Morgan fingerprint density at radius 1 is 1.33 bits per heavy atom. The molecule has 0 aromatic heterocycles. The molecule has 1 aromatic rings. The van der Waals surface area contributed by atoms with Crippen molar-refractivity contribution < 1.29 is 9.36 Å². The van der Waals surface area contributed by atoms with Gasteiger partial charge in [0.2, 0.25) is 6.08 Å². The molecule has 0 bridgehead atoms. The number of rotatable bonds is 2. The van der Waals surface area contributed by atoms with Crippen LogP contribution in [-0.4, -0.2) is 6.08 Å². The van der Waals surface area contributed by atoms with Crippen LogP contribution in [0.15, 0.2) is 35.1 Å². The Bertz CT molecular complexity index is 359. The second-order valence-electron chi connectivity index (χ2n) is 2.03. The highest BCUT2D eigenvalue weighted by molar-refractivity contribution is 7.94. The molecule has 0 aliphatic rings. The zero-order valence-electron chi connectivity index (χ0n) is 5.98. The van der Waals surface area contributed by atoms with E-state index in [1.807, 2.05) is 0 Å². The Morgan fingerprint density at radius 3 is 2.42 bits per heavy atom. The molecule has 5 heteroatoms. The van der Waals surface area contributed by atoms with Crippen LogP contribution in [-0.2, 0) is 9.36 Å². The Labute approximate surface area is 74.3 Å². The van der Waals surface area contributed by atoms with Gasteiger partial charge in [-0.25, -0.2) is 4.79 Å². The summed E-state index contributed by atoms with van der Waals surface area (Å²) in [5, 5.41) is 0.343. The first-order valence-corrected chi connectivity index (χ1v) is 5.68. The van der Waals surface area contributed by atoms with Crippen molar-refractivity contribution in [1.82, 2.24) is 0 Å². The highest BCUT2D eigenvalue weighted by atomic mass is 35.7. The van der Waals surface area contributed by atoms with E-state index < -0.39 is 6.65 Å². The minimum absolute atomic E-state index is 0.343. The van der Waals surface area contributed by atoms with Crippen LogP contribution in [0.2, 0.25) is 0 Å². The first kappa shape index (κ1) is 9.21. The van der Waals surface area contributed by atoms with Crippen LogP contribution in [0, 0.1) is 0 Å². The smallest absolute Gasteiger partial charge is 0.275 e. The normalized spacial score (nSPS) is 14.4. The quantitative estimate of drug-likeness (QED) is 0.418. The molecule has 3 nitrogen and oxygen atoms in total. The van der Waals surface area contributed by atoms with E-state index in [2.05, 4.69) is 4.76 Å². The van der Waals surface area contributed by atoms with Crippen molar-refractivity contribution in [3.8, 4) is 0 Å². The van der Waals surface area contributed by atoms with Gasteiger partial charge < -0.3 is 0 Å². The lowest BCUT2D eigenvalue weighted by Gasteiger charge is -2.00. The van der Waals surface area contributed by atoms with Gasteiger partial charge in [-0.2, -0.15) is 0 Å². The molecule has 0 aliphatic carbocycles. The van der Waals surface area contributed by atoms with Crippen LogP contribution in [0.3, 0.4) is 0 Å². The maximum Gasteiger partial charge on any atom is 0.315 e. The monoisotopic (exact) mass is 201 g/mol. The lowest BCUT2D eigenvalue weighted by molar-refractivity contribution is 0.564. The number of halogens is 1. The fourth-order valence-corrected chi connectivity index (χ4v) is 1.91. The van der Waals surface area contributed by atoms with Gasteiger partial charge in [0.05, 0.1) is 0 Å². The first-order valence-electron chi connectivity index (χ1n) is 3.11. The molecule has 0 saturated heterocycles. The molecule has 0 spiro atoms. The summed E-state index contributed by atoms with van der Waals surface area (Å²) in [7, 11) is 0. The van der Waals surface area contributed by atoms with Gasteiger partial charge >= 0.3 is 6.65 Å². The van der Waals surface area contributed by atoms with Crippen LogP contribution in [0.5, 0.6) is 0 Å². The van der Waals surface area contributed by atoms with E-state index in [0.717, 1.165) is 0 Å². The molecule has 0 N–H and O–H groups in total. The van der Waals surface area contributed by atoms with Crippen molar-refractivity contribution in [2.75, 3.05) is 0 Å². The van der Waals surface area contributed by atoms with Gasteiger partial charge in [0.1, 0.15) is 0 Å². The summed E-state index contributed by atoms with van der Waals surface area (Å²) < 4.78 is 14.4. The number of carbonyl (C=O) groups excluding carboxylic acids is 1. The van der Waals surface area contributed by atoms with Gasteiger partial charge in [-0.1, -0.05) is 18.2 Å². The van der Waals surface area contributed by atoms with Crippen molar-refractivity contribution >= 4 is 29.3 Å². The van der Waals surface area contributed by atoms with E-state index in [0.29, 0.717) is 5.30 Å². The van der Waals surface area contributed by atoms with Crippen molar-refractivity contribution in [2.45, 2.75) is 0 Å². The minimum atomic E-state index is -3.37. The molecule has 0 amide bonds. The number of nitrogens with zero attached hydrogens (tertiary/aromatic N) is 1. The van der Waals surface area contributed by atoms with E-state index in [9.17, 15) is 9.36 Å². The molecule has 1 rings (SSSR count). The lowest BCUT2D eigenvalue weighted by Crippen LogP contribution is -1.96. The summed E-state index contributed by atoms with van der Waals surface area (Å²) >= 11 is 5.49. The molecule has 0 heterocycles. The van der Waals surface area contributed by atoms with Crippen LogP contribution >= 0.6 is 17.9 Å². The van der Waals surface area contributed by atoms with Gasteiger partial charge in [0.15, 0.2) is 0 Å². The SMILES string of the molecule is O=C=NP(=O)(Cl)c1ccccc1. The van der Waals surface area contributed by atoms with Crippen LogP contribution < -0.4 is 5.30 Å². The average Bonchev–Trinajstić information content (AvgIpc) is 2.06. The maximum atomic E-state index is 11.4. The number of hydrogen-bond acceptors (Lipinski definition) is 2. The third-order valence-electron chi connectivity index (χ3n) is 1.24. The molecule has 0 fully saturated rings. The van der Waals surface area contributed by atoms with E-state index in [-0.39, 0.29) is 0 Å². The zero-order chi connectivity index (χ0) is 9.03. The lowest BCUT2D eigenvalue weighted by atomic mass is 10.4. The van der Waals surface area contributed by atoms with E-state index in [1.54, 1.807) is 30.3 Å². The number of isocyanates is 1. The summed E-state index contributed by atoms with van der Waals surface area (Å²) in [6.07, 6.45) is 1.19. The molecule has 0 radical (unpaired) electrons. The third-order valence-corrected chi connectivity index (χ3v) is 3.33. The summed E-state index contributed by atoms with van der Waals surface area (Å²) in [6.45, 7) is -3.37. The van der Waals surface area contributed by atoms with E-state index in [4.69, 9.17) is 11.2 Å². The summed E-state index contributed by atoms with van der Waals surface area (Å²) in [5.41, 5.74) is 0. The second kappa shape index (κ2) is 3.68. The van der Waals surface area contributed by atoms with Gasteiger partial charge in [0, 0.05) is 5.30 Å². The Balaban J connectivity index is 3.15. The molecule has 62 valence electrons. The summed E-state index contributed by atoms with van der Waals surface area (Å²) in [4.78, 5) is 9.85. The molecule has 1 aromatic carbocycles. The van der Waals surface area contributed by atoms with Crippen LogP contribution in [0.25, 0.3) is 0 Å². The first-order chi connectivity index (χ1) is 5.67. The topological polar surface area (TPSA) is 46.5 Å². The highest BCUT2D eigenvalue weighted by Crippen LogP contribution is 2.50. The second-order valence-corrected chi connectivity index (χ2v) is 5.12. The van der Waals surface area contributed by atoms with Gasteiger partial charge in [-0.15, -0.1) is 4.76 Å². The van der Waals surface area contributed by atoms with Crippen LogP contribution in [0.4, 0.5) is 0 Å². The maximum absolute atomic E-state index is 11.4. The number of hydrogen-bond donors (Lipinski definition) is 0.